The second-order valence-electron chi connectivity index (χ2n) is 7.23. The summed E-state index contributed by atoms with van der Waals surface area (Å²) in [6.45, 7) is 0.754. The quantitative estimate of drug-likeness (QED) is 0.680. The predicted molar refractivity (Wildman–Crippen MR) is 117 cm³/mol. The highest BCUT2D eigenvalue weighted by Gasteiger charge is 2.35. The Morgan fingerprint density at radius 1 is 0.966 bits per heavy atom. The van der Waals surface area contributed by atoms with Crippen molar-refractivity contribution >= 4 is 28.0 Å². The van der Waals surface area contributed by atoms with Gasteiger partial charge in [0.15, 0.2) is 0 Å². The van der Waals surface area contributed by atoms with E-state index in [4.69, 9.17) is 0 Å². The van der Waals surface area contributed by atoms with Crippen LogP contribution in [0.4, 0.5) is 5.82 Å². The van der Waals surface area contributed by atoms with E-state index < -0.39 is 16.1 Å². The first-order valence-corrected chi connectivity index (χ1v) is 11.2. The SMILES string of the molecule is O=S(=O)(Cc1ccccc1)N1C=Cc2ccccc2C1c1c[nH]c2c1C=CCN2. The Bertz CT molecular complexity index is 1210. The minimum Gasteiger partial charge on any atom is -0.368 e. The summed E-state index contributed by atoms with van der Waals surface area (Å²) in [6, 6.07) is 16.9. The summed E-state index contributed by atoms with van der Waals surface area (Å²) in [5.74, 6) is 0.882. The van der Waals surface area contributed by atoms with Gasteiger partial charge in [0, 0.05) is 30.1 Å². The Balaban J connectivity index is 1.63. The van der Waals surface area contributed by atoms with Gasteiger partial charge >= 0.3 is 0 Å². The first kappa shape index (κ1) is 17.8. The Kier molecular flexibility index (Phi) is 4.28. The third-order valence-electron chi connectivity index (χ3n) is 5.39. The Morgan fingerprint density at radius 2 is 1.76 bits per heavy atom. The minimum atomic E-state index is -3.59. The maximum Gasteiger partial charge on any atom is 0.239 e. The zero-order valence-electron chi connectivity index (χ0n) is 15.7. The van der Waals surface area contributed by atoms with Crippen molar-refractivity contribution in [2.45, 2.75) is 11.8 Å². The van der Waals surface area contributed by atoms with Gasteiger partial charge in [-0.1, -0.05) is 66.7 Å². The molecule has 5 nitrogen and oxygen atoms in total. The van der Waals surface area contributed by atoms with Gasteiger partial charge in [0.05, 0.1) is 11.8 Å². The molecule has 5 rings (SSSR count). The van der Waals surface area contributed by atoms with E-state index in [2.05, 4.69) is 16.4 Å². The van der Waals surface area contributed by atoms with Gasteiger partial charge in [-0.2, -0.15) is 0 Å². The van der Waals surface area contributed by atoms with Crippen LogP contribution < -0.4 is 5.32 Å². The van der Waals surface area contributed by atoms with Gasteiger partial charge in [-0.05, 0) is 22.8 Å². The molecule has 1 unspecified atom stereocenters. The molecule has 0 spiro atoms. The molecular formula is C23H21N3O2S. The van der Waals surface area contributed by atoms with Crippen molar-refractivity contribution < 1.29 is 8.42 Å². The van der Waals surface area contributed by atoms with Crippen LogP contribution >= 0.6 is 0 Å². The second kappa shape index (κ2) is 6.97. The predicted octanol–water partition coefficient (Wildman–Crippen LogP) is 4.36. The molecule has 1 atom stereocenters. The summed E-state index contributed by atoms with van der Waals surface area (Å²) >= 11 is 0. The van der Waals surface area contributed by atoms with Crippen molar-refractivity contribution in [3.8, 4) is 0 Å². The second-order valence-corrected chi connectivity index (χ2v) is 9.11. The average Bonchev–Trinajstić information content (AvgIpc) is 3.17. The van der Waals surface area contributed by atoms with Crippen molar-refractivity contribution in [3.05, 3.63) is 101 Å². The molecule has 2 N–H and O–H groups in total. The van der Waals surface area contributed by atoms with E-state index in [9.17, 15) is 8.42 Å². The van der Waals surface area contributed by atoms with Crippen LogP contribution in [0.2, 0.25) is 0 Å². The largest absolute Gasteiger partial charge is 0.368 e. The number of rotatable bonds is 4. The van der Waals surface area contributed by atoms with Gasteiger partial charge in [-0.25, -0.2) is 8.42 Å². The molecule has 146 valence electrons. The van der Waals surface area contributed by atoms with Crippen LogP contribution in [0.1, 0.15) is 33.9 Å². The number of aromatic nitrogens is 1. The van der Waals surface area contributed by atoms with Crippen molar-refractivity contribution in [2.75, 3.05) is 11.9 Å². The highest BCUT2D eigenvalue weighted by atomic mass is 32.2. The van der Waals surface area contributed by atoms with Gasteiger partial charge in [-0.3, -0.25) is 4.31 Å². The Hall–Kier alpha value is -3.25. The molecule has 2 aliphatic rings. The summed E-state index contributed by atoms with van der Waals surface area (Å²) < 4.78 is 28.4. The lowest BCUT2D eigenvalue weighted by Gasteiger charge is -2.34. The van der Waals surface area contributed by atoms with Crippen molar-refractivity contribution in [3.63, 3.8) is 0 Å². The van der Waals surface area contributed by atoms with E-state index in [0.29, 0.717) is 0 Å². The van der Waals surface area contributed by atoms with Gasteiger partial charge in [-0.15, -0.1) is 0 Å². The number of hydrogen-bond acceptors (Lipinski definition) is 3. The lowest BCUT2D eigenvalue weighted by molar-refractivity contribution is 0.446. The number of hydrogen-bond donors (Lipinski definition) is 2. The fourth-order valence-electron chi connectivity index (χ4n) is 4.05. The van der Waals surface area contributed by atoms with Crippen molar-refractivity contribution in [2.24, 2.45) is 0 Å². The molecule has 2 aromatic carbocycles. The van der Waals surface area contributed by atoms with Crippen molar-refractivity contribution in [1.29, 1.82) is 0 Å². The molecule has 0 saturated carbocycles. The molecule has 0 aliphatic carbocycles. The molecule has 3 aromatic rings. The van der Waals surface area contributed by atoms with E-state index >= 15 is 0 Å². The average molecular weight is 404 g/mol. The number of nitrogens with one attached hydrogen (secondary N) is 2. The van der Waals surface area contributed by atoms with Crippen LogP contribution in [0.5, 0.6) is 0 Å². The topological polar surface area (TPSA) is 65.2 Å². The molecular weight excluding hydrogens is 382 g/mol. The molecule has 2 aliphatic heterocycles. The maximum absolute atomic E-state index is 13.5. The summed E-state index contributed by atoms with van der Waals surface area (Å²) in [5, 5.41) is 3.31. The zero-order chi connectivity index (χ0) is 19.8. The maximum atomic E-state index is 13.5. The van der Waals surface area contributed by atoms with Crippen LogP contribution in [0.15, 0.2) is 73.1 Å². The summed E-state index contributed by atoms with van der Waals surface area (Å²) in [5.41, 5.74) is 4.73. The molecule has 0 saturated heterocycles. The first-order valence-electron chi connectivity index (χ1n) is 9.57. The molecule has 0 fully saturated rings. The lowest BCUT2D eigenvalue weighted by atomic mass is 9.91. The number of sulfonamides is 1. The van der Waals surface area contributed by atoms with Crippen LogP contribution in [-0.2, 0) is 15.8 Å². The van der Waals surface area contributed by atoms with Crippen molar-refractivity contribution in [1.82, 2.24) is 9.29 Å². The normalized spacial score (nSPS) is 17.5. The van der Waals surface area contributed by atoms with Crippen LogP contribution in [0.3, 0.4) is 0 Å². The van der Waals surface area contributed by atoms with Crippen LogP contribution in [0.25, 0.3) is 12.2 Å². The number of anilines is 1. The number of nitrogens with zero attached hydrogens (tertiary/aromatic N) is 1. The van der Waals surface area contributed by atoms with E-state index in [1.165, 1.54) is 4.31 Å². The number of H-pyrrole nitrogens is 1. The highest BCUT2D eigenvalue weighted by molar-refractivity contribution is 7.88. The molecule has 3 heterocycles. The van der Waals surface area contributed by atoms with Gasteiger partial charge < -0.3 is 10.3 Å². The molecule has 0 amide bonds. The van der Waals surface area contributed by atoms with Gasteiger partial charge in [0.1, 0.15) is 5.82 Å². The number of benzene rings is 2. The fourth-order valence-corrected chi connectivity index (χ4v) is 5.60. The molecule has 6 heteroatoms. The summed E-state index contributed by atoms with van der Waals surface area (Å²) in [4.78, 5) is 3.27. The third-order valence-corrected chi connectivity index (χ3v) is 7.06. The summed E-state index contributed by atoms with van der Waals surface area (Å²) in [7, 11) is -3.59. The molecule has 0 radical (unpaired) electrons. The minimum absolute atomic E-state index is 0.0441. The van der Waals surface area contributed by atoms with E-state index in [1.807, 2.05) is 72.9 Å². The monoisotopic (exact) mass is 403 g/mol. The molecule has 0 bridgehead atoms. The lowest BCUT2D eigenvalue weighted by Crippen LogP contribution is -2.34. The van der Waals surface area contributed by atoms with Gasteiger partial charge in [0.25, 0.3) is 0 Å². The van der Waals surface area contributed by atoms with Crippen LogP contribution in [0, 0.1) is 0 Å². The standard InChI is InChI=1S/C23H21N3O2S/c27-29(28,16-17-7-2-1-3-8-17)26-14-12-18-9-4-5-10-19(18)22(26)21-15-25-23-20(21)11-6-13-24-23/h1-12,14-15,22,24-25H,13,16H2. The Labute approximate surface area is 170 Å². The van der Waals surface area contributed by atoms with Crippen LogP contribution in [-0.4, -0.2) is 24.3 Å². The van der Waals surface area contributed by atoms with E-state index in [0.717, 1.165) is 40.2 Å². The first-order chi connectivity index (χ1) is 14.1. The smallest absolute Gasteiger partial charge is 0.239 e. The van der Waals surface area contributed by atoms with Gasteiger partial charge in [0.2, 0.25) is 10.0 Å². The number of aromatic amines is 1. The van der Waals surface area contributed by atoms with E-state index in [1.54, 1.807) is 6.20 Å². The zero-order valence-corrected chi connectivity index (χ0v) is 16.6. The Morgan fingerprint density at radius 3 is 2.62 bits per heavy atom. The highest BCUT2D eigenvalue weighted by Crippen LogP contribution is 2.41. The fraction of sp³-hybridized carbons (Fsp3) is 0.130. The molecule has 1 aromatic heterocycles. The molecule has 29 heavy (non-hydrogen) atoms. The summed E-state index contributed by atoms with van der Waals surface area (Å²) in [6.07, 6.45) is 9.60. The third kappa shape index (κ3) is 3.15. The number of fused-ring (bicyclic) bond motifs is 2. The van der Waals surface area contributed by atoms with E-state index in [-0.39, 0.29) is 5.75 Å².